The molecular formula is C9H12O2S. The minimum absolute atomic E-state index is 0.169. The first-order valence-electron chi connectivity index (χ1n) is 3.97. The Bertz CT molecular complexity index is 219. The number of ketones is 1. The third-order valence-electron chi connectivity index (χ3n) is 1.50. The molecule has 0 saturated carbocycles. The number of allylic oxidation sites excluding steroid dienone is 2. The molecule has 0 amide bonds. The van der Waals surface area contributed by atoms with Crippen LogP contribution in [0, 0.1) is 0 Å². The van der Waals surface area contributed by atoms with Gasteiger partial charge in [0.05, 0.1) is 0 Å². The summed E-state index contributed by atoms with van der Waals surface area (Å²) < 4.78 is 0. The highest BCUT2D eigenvalue weighted by Crippen LogP contribution is 2.22. The van der Waals surface area contributed by atoms with E-state index in [4.69, 9.17) is 5.11 Å². The average molecular weight is 184 g/mol. The smallest absolute Gasteiger partial charge is 0.157 e. The molecule has 1 heterocycles. The molecule has 0 radical (unpaired) electrons. The van der Waals surface area contributed by atoms with Crippen molar-refractivity contribution >= 4 is 17.5 Å². The molecule has 1 aliphatic heterocycles. The fourth-order valence-electron chi connectivity index (χ4n) is 0.912. The summed E-state index contributed by atoms with van der Waals surface area (Å²) in [5.74, 6) is 1.09. The molecule has 0 fully saturated rings. The van der Waals surface area contributed by atoms with Crippen molar-refractivity contribution in [3.8, 4) is 0 Å². The van der Waals surface area contributed by atoms with Crippen molar-refractivity contribution in [1.29, 1.82) is 0 Å². The molecule has 12 heavy (non-hydrogen) atoms. The molecule has 66 valence electrons. The zero-order valence-electron chi connectivity index (χ0n) is 6.82. The lowest BCUT2D eigenvalue weighted by molar-refractivity contribution is -0.114. The monoisotopic (exact) mass is 184 g/mol. The van der Waals surface area contributed by atoms with Gasteiger partial charge in [-0.3, -0.25) is 4.79 Å². The second-order valence-electron chi connectivity index (χ2n) is 2.53. The average Bonchev–Trinajstić information content (AvgIpc) is 2.05. The van der Waals surface area contributed by atoms with Gasteiger partial charge >= 0.3 is 0 Å². The van der Waals surface area contributed by atoms with Crippen molar-refractivity contribution in [2.45, 2.75) is 12.8 Å². The molecular weight excluding hydrogens is 172 g/mol. The minimum Gasteiger partial charge on any atom is -0.396 e. The third-order valence-corrected chi connectivity index (χ3v) is 2.49. The van der Waals surface area contributed by atoms with Crippen LogP contribution in [0.1, 0.15) is 12.8 Å². The van der Waals surface area contributed by atoms with Gasteiger partial charge in [0, 0.05) is 23.7 Å². The molecule has 1 N–H and O–H groups in total. The van der Waals surface area contributed by atoms with Gasteiger partial charge < -0.3 is 5.11 Å². The molecule has 0 aromatic carbocycles. The molecule has 1 rings (SSSR count). The molecule has 3 heteroatoms. The predicted molar refractivity (Wildman–Crippen MR) is 51.0 cm³/mol. The quantitative estimate of drug-likeness (QED) is 0.722. The summed E-state index contributed by atoms with van der Waals surface area (Å²) in [5.41, 5.74) is 0. The highest BCUT2D eigenvalue weighted by Gasteiger charge is 2.07. The van der Waals surface area contributed by atoms with Gasteiger partial charge in [0.2, 0.25) is 0 Å². The van der Waals surface area contributed by atoms with E-state index in [1.807, 2.05) is 12.2 Å². The van der Waals surface area contributed by atoms with Crippen molar-refractivity contribution in [1.82, 2.24) is 0 Å². The molecule has 0 bridgehead atoms. The molecule has 0 aromatic heterocycles. The summed E-state index contributed by atoms with van der Waals surface area (Å²) >= 11 is 1.69. The summed E-state index contributed by atoms with van der Waals surface area (Å²) in [6, 6.07) is 0. The van der Waals surface area contributed by atoms with E-state index in [9.17, 15) is 4.79 Å². The van der Waals surface area contributed by atoms with E-state index in [0.29, 0.717) is 12.8 Å². The van der Waals surface area contributed by atoms with E-state index in [1.165, 1.54) is 0 Å². The molecule has 0 unspecified atom stereocenters. The van der Waals surface area contributed by atoms with Crippen LogP contribution in [0.25, 0.3) is 0 Å². The minimum atomic E-state index is 0.169. The Kier molecular flexibility index (Phi) is 4.11. The van der Waals surface area contributed by atoms with E-state index in [0.717, 1.165) is 10.7 Å². The Labute approximate surface area is 76.4 Å². The van der Waals surface area contributed by atoms with Crippen molar-refractivity contribution in [3.05, 3.63) is 23.1 Å². The van der Waals surface area contributed by atoms with Crippen LogP contribution in [0.4, 0.5) is 0 Å². The van der Waals surface area contributed by atoms with E-state index in [1.54, 1.807) is 17.8 Å². The predicted octanol–water partition coefficient (Wildman–Crippen LogP) is 1.51. The molecule has 0 aliphatic carbocycles. The van der Waals surface area contributed by atoms with Gasteiger partial charge in [-0.25, -0.2) is 0 Å². The standard InChI is InChI=1S/C9H12O2S/c10-5-2-1-3-9-7-8(11)4-6-12-9/h1,3,7,10H,2,4-6H2/b3-1+. The van der Waals surface area contributed by atoms with Gasteiger partial charge in [0.25, 0.3) is 0 Å². The zero-order chi connectivity index (χ0) is 8.81. The topological polar surface area (TPSA) is 37.3 Å². The summed E-state index contributed by atoms with van der Waals surface area (Å²) in [5, 5.41) is 8.50. The first-order valence-corrected chi connectivity index (χ1v) is 4.96. The van der Waals surface area contributed by atoms with Crippen LogP contribution in [0.15, 0.2) is 23.1 Å². The largest absolute Gasteiger partial charge is 0.396 e. The van der Waals surface area contributed by atoms with Crippen molar-refractivity contribution in [2.24, 2.45) is 0 Å². The van der Waals surface area contributed by atoms with Gasteiger partial charge in [-0.15, -0.1) is 11.8 Å². The third kappa shape index (κ3) is 3.24. The Morgan fingerprint density at radius 1 is 1.67 bits per heavy atom. The van der Waals surface area contributed by atoms with Crippen LogP contribution in [-0.4, -0.2) is 23.2 Å². The zero-order valence-corrected chi connectivity index (χ0v) is 7.64. The first kappa shape index (κ1) is 9.55. The second-order valence-corrected chi connectivity index (χ2v) is 3.69. The molecule has 0 atom stereocenters. The number of aliphatic hydroxyl groups excluding tert-OH is 1. The lowest BCUT2D eigenvalue weighted by Crippen LogP contribution is -2.00. The van der Waals surface area contributed by atoms with E-state index in [2.05, 4.69) is 0 Å². The number of hydrogen-bond donors (Lipinski definition) is 1. The number of aliphatic hydroxyl groups is 1. The Hall–Kier alpha value is -0.540. The van der Waals surface area contributed by atoms with Crippen LogP contribution in [-0.2, 0) is 4.79 Å². The second kappa shape index (κ2) is 5.17. The van der Waals surface area contributed by atoms with E-state index < -0.39 is 0 Å². The maximum atomic E-state index is 10.9. The molecule has 2 nitrogen and oxygen atoms in total. The fraction of sp³-hybridized carbons (Fsp3) is 0.444. The number of rotatable bonds is 3. The van der Waals surface area contributed by atoms with Crippen LogP contribution < -0.4 is 0 Å². The number of thioether (sulfide) groups is 1. The normalized spacial score (nSPS) is 18.4. The Morgan fingerprint density at radius 2 is 2.50 bits per heavy atom. The van der Waals surface area contributed by atoms with Crippen LogP contribution in [0.5, 0.6) is 0 Å². The molecule has 0 saturated heterocycles. The van der Waals surface area contributed by atoms with Crippen molar-refractivity contribution < 1.29 is 9.90 Å². The van der Waals surface area contributed by atoms with Gasteiger partial charge in [-0.05, 0) is 12.5 Å². The summed E-state index contributed by atoms with van der Waals surface area (Å²) in [6.45, 7) is 0.169. The highest BCUT2D eigenvalue weighted by atomic mass is 32.2. The van der Waals surface area contributed by atoms with Gasteiger partial charge in [0.1, 0.15) is 0 Å². The van der Waals surface area contributed by atoms with Crippen LogP contribution in [0.2, 0.25) is 0 Å². The van der Waals surface area contributed by atoms with Crippen LogP contribution >= 0.6 is 11.8 Å². The fourth-order valence-corrected chi connectivity index (χ4v) is 1.86. The maximum Gasteiger partial charge on any atom is 0.157 e. The summed E-state index contributed by atoms with van der Waals surface area (Å²) in [4.78, 5) is 11.9. The number of carbonyl (C=O) groups excluding carboxylic acids is 1. The Morgan fingerprint density at radius 3 is 3.17 bits per heavy atom. The first-order chi connectivity index (χ1) is 5.83. The summed E-state index contributed by atoms with van der Waals surface area (Å²) in [6.07, 6.45) is 6.77. The van der Waals surface area contributed by atoms with E-state index >= 15 is 0 Å². The van der Waals surface area contributed by atoms with Crippen molar-refractivity contribution in [2.75, 3.05) is 12.4 Å². The van der Waals surface area contributed by atoms with Crippen molar-refractivity contribution in [3.63, 3.8) is 0 Å². The SMILES string of the molecule is O=C1C=C(/C=C/CCO)SCC1. The number of hydrogen-bond acceptors (Lipinski definition) is 3. The van der Waals surface area contributed by atoms with Gasteiger partial charge in [-0.1, -0.05) is 12.2 Å². The van der Waals surface area contributed by atoms with Gasteiger partial charge in [0.15, 0.2) is 5.78 Å². The van der Waals surface area contributed by atoms with E-state index in [-0.39, 0.29) is 12.4 Å². The molecule has 1 aliphatic rings. The summed E-state index contributed by atoms with van der Waals surface area (Å²) in [7, 11) is 0. The Balaban J connectivity index is 2.45. The van der Waals surface area contributed by atoms with Gasteiger partial charge in [-0.2, -0.15) is 0 Å². The number of carbonyl (C=O) groups is 1. The molecule has 0 spiro atoms. The lowest BCUT2D eigenvalue weighted by Gasteiger charge is -2.06. The lowest BCUT2D eigenvalue weighted by atomic mass is 10.2. The highest BCUT2D eigenvalue weighted by molar-refractivity contribution is 8.03. The van der Waals surface area contributed by atoms with Crippen LogP contribution in [0.3, 0.4) is 0 Å². The molecule has 0 aromatic rings. The maximum absolute atomic E-state index is 10.9.